The van der Waals surface area contributed by atoms with E-state index in [0.29, 0.717) is 16.5 Å². The van der Waals surface area contributed by atoms with Gasteiger partial charge in [-0.3, -0.25) is 14.9 Å². The molecule has 98 valence electrons. The van der Waals surface area contributed by atoms with Gasteiger partial charge >= 0.3 is 5.97 Å². The summed E-state index contributed by atoms with van der Waals surface area (Å²) in [6.07, 6.45) is 0.997. The fourth-order valence-electron chi connectivity index (χ4n) is 1.77. The van der Waals surface area contributed by atoms with Crippen LogP contribution < -0.4 is 0 Å². The standard InChI is InChI=1S/C12H9BrN2O4/c1-19-12(16)5-9-8-4-7(13)2-3-10(8)14-6-11(9)15(17)18/h2-4,6H,5H2,1H3. The Labute approximate surface area is 116 Å². The molecule has 0 bridgehead atoms. The van der Waals surface area contributed by atoms with Crippen molar-refractivity contribution in [3.63, 3.8) is 0 Å². The number of rotatable bonds is 3. The first-order valence-electron chi connectivity index (χ1n) is 5.31. The number of nitrogens with zero attached hydrogens (tertiary/aromatic N) is 2. The number of hydrogen-bond donors (Lipinski definition) is 0. The zero-order valence-electron chi connectivity index (χ0n) is 9.92. The van der Waals surface area contributed by atoms with Crippen LogP contribution in [0, 0.1) is 10.1 Å². The Kier molecular flexibility index (Phi) is 3.75. The van der Waals surface area contributed by atoms with Crippen LogP contribution in [0.25, 0.3) is 10.9 Å². The van der Waals surface area contributed by atoms with Crippen LogP contribution in [0.15, 0.2) is 28.9 Å². The van der Waals surface area contributed by atoms with Gasteiger partial charge < -0.3 is 4.74 Å². The molecular formula is C12H9BrN2O4. The third-order valence-corrected chi connectivity index (χ3v) is 3.16. The first-order valence-corrected chi connectivity index (χ1v) is 6.10. The van der Waals surface area contributed by atoms with Crippen molar-refractivity contribution in [2.24, 2.45) is 0 Å². The molecule has 2 aromatic rings. The molecule has 0 fully saturated rings. The second-order valence-electron chi connectivity index (χ2n) is 3.79. The average molecular weight is 325 g/mol. The smallest absolute Gasteiger partial charge is 0.310 e. The lowest BCUT2D eigenvalue weighted by atomic mass is 10.0. The Balaban J connectivity index is 2.71. The van der Waals surface area contributed by atoms with Crippen LogP contribution in [-0.2, 0) is 16.0 Å². The van der Waals surface area contributed by atoms with Crippen LogP contribution in [0.1, 0.15) is 5.56 Å². The molecule has 0 amide bonds. The van der Waals surface area contributed by atoms with Crippen LogP contribution in [-0.4, -0.2) is 23.0 Å². The molecule has 0 atom stereocenters. The molecule has 0 saturated heterocycles. The number of fused-ring (bicyclic) bond motifs is 1. The summed E-state index contributed by atoms with van der Waals surface area (Å²) in [4.78, 5) is 25.9. The van der Waals surface area contributed by atoms with Gasteiger partial charge in [0.05, 0.1) is 29.5 Å². The highest BCUT2D eigenvalue weighted by Gasteiger charge is 2.20. The molecule has 1 heterocycles. The number of hydrogen-bond acceptors (Lipinski definition) is 5. The third-order valence-electron chi connectivity index (χ3n) is 2.66. The van der Waals surface area contributed by atoms with Crippen LogP contribution >= 0.6 is 15.9 Å². The van der Waals surface area contributed by atoms with E-state index in [9.17, 15) is 14.9 Å². The SMILES string of the molecule is COC(=O)Cc1c([N+](=O)[O-])cnc2ccc(Br)cc12. The molecule has 19 heavy (non-hydrogen) atoms. The fourth-order valence-corrected chi connectivity index (χ4v) is 2.13. The second-order valence-corrected chi connectivity index (χ2v) is 4.71. The highest BCUT2D eigenvalue weighted by molar-refractivity contribution is 9.10. The molecule has 1 aromatic heterocycles. The lowest BCUT2D eigenvalue weighted by Crippen LogP contribution is -2.08. The number of ether oxygens (including phenoxy) is 1. The van der Waals surface area contributed by atoms with Crippen molar-refractivity contribution in [1.82, 2.24) is 4.98 Å². The van der Waals surface area contributed by atoms with Crippen LogP contribution in [0.3, 0.4) is 0 Å². The van der Waals surface area contributed by atoms with E-state index < -0.39 is 10.9 Å². The molecule has 0 spiro atoms. The Morgan fingerprint density at radius 1 is 1.53 bits per heavy atom. The normalized spacial score (nSPS) is 10.4. The van der Waals surface area contributed by atoms with Crippen molar-refractivity contribution < 1.29 is 14.5 Å². The van der Waals surface area contributed by atoms with E-state index in [0.717, 1.165) is 10.7 Å². The van der Waals surface area contributed by atoms with E-state index in [4.69, 9.17) is 0 Å². The van der Waals surface area contributed by atoms with Crippen molar-refractivity contribution >= 4 is 38.5 Å². The minimum Gasteiger partial charge on any atom is -0.469 e. The Morgan fingerprint density at radius 2 is 2.26 bits per heavy atom. The van der Waals surface area contributed by atoms with Crippen molar-refractivity contribution in [3.05, 3.63) is 44.5 Å². The number of carbonyl (C=O) groups excluding carboxylic acids is 1. The number of halogens is 1. The Hall–Kier alpha value is -2.02. The molecule has 2 rings (SSSR count). The molecule has 0 aliphatic heterocycles. The molecule has 1 aromatic carbocycles. The largest absolute Gasteiger partial charge is 0.469 e. The average Bonchev–Trinajstić information content (AvgIpc) is 2.38. The maximum Gasteiger partial charge on any atom is 0.310 e. The second kappa shape index (κ2) is 5.31. The van der Waals surface area contributed by atoms with E-state index in [1.165, 1.54) is 7.11 Å². The van der Waals surface area contributed by atoms with E-state index >= 15 is 0 Å². The van der Waals surface area contributed by atoms with E-state index in [1.807, 2.05) is 0 Å². The third kappa shape index (κ3) is 2.70. The van der Waals surface area contributed by atoms with Gasteiger partial charge in [-0.15, -0.1) is 0 Å². The van der Waals surface area contributed by atoms with Crippen LogP contribution in [0.5, 0.6) is 0 Å². The van der Waals surface area contributed by atoms with Crippen LogP contribution in [0.4, 0.5) is 5.69 Å². The van der Waals surface area contributed by atoms with Gasteiger partial charge in [0.15, 0.2) is 0 Å². The minimum atomic E-state index is -0.550. The van der Waals surface area contributed by atoms with Gasteiger partial charge in [-0.05, 0) is 18.2 Å². The number of nitro groups is 1. The Bertz CT molecular complexity index is 672. The lowest BCUT2D eigenvalue weighted by Gasteiger charge is -2.06. The predicted molar refractivity (Wildman–Crippen MR) is 71.8 cm³/mol. The molecule has 0 N–H and O–H groups in total. The highest BCUT2D eigenvalue weighted by atomic mass is 79.9. The fraction of sp³-hybridized carbons (Fsp3) is 0.167. The minimum absolute atomic E-state index is 0.164. The van der Waals surface area contributed by atoms with Gasteiger partial charge in [0.1, 0.15) is 6.20 Å². The van der Waals surface area contributed by atoms with E-state index in [2.05, 4.69) is 25.7 Å². The van der Waals surface area contributed by atoms with E-state index in [1.54, 1.807) is 18.2 Å². The van der Waals surface area contributed by atoms with Crippen molar-refractivity contribution in [2.45, 2.75) is 6.42 Å². The topological polar surface area (TPSA) is 82.3 Å². The number of carbonyl (C=O) groups is 1. The number of methoxy groups -OCH3 is 1. The zero-order chi connectivity index (χ0) is 14.0. The van der Waals surface area contributed by atoms with Gasteiger partial charge in [-0.25, -0.2) is 4.98 Å². The molecule has 0 aliphatic carbocycles. The van der Waals surface area contributed by atoms with Crippen molar-refractivity contribution in [3.8, 4) is 0 Å². The number of esters is 1. The monoisotopic (exact) mass is 324 g/mol. The molecule has 7 heteroatoms. The molecule has 0 saturated carbocycles. The first kappa shape index (κ1) is 13.4. The van der Waals surface area contributed by atoms with Gasteiger partial charge in [-0.1, -0.05) is 15.9 Å². The first-order chi connectivity index (χ1) is 9.02. The molecular weight excluding hydrogens is 316 g/mol. The predicted octanol–water partition coefficient (Wildman–Crippen LogP) is 2.62. The summed E-state index contributed by atoms with van der Waals surface area (Å²) in [6, 6.07) is 5.21. The summed E-state index contributed by atoms with van der Waals surface area (Å²) in [5.74, 6) is -0.532. The molecule has 0 radical (unpaired) electrons. The van der Waals surface area contributed by atoms with Gasteiger partial charge in [0, 0.05) is 9.86 Å². The van der Waals surface area contributed by atoms with Crippen LogP contribution in [0.2, 0.25) is 0 Å². The van der Waals surface area contributed by atoms with Gasteiger partial charge in [-0.2, -0.15) is 0 Å². The number of aromatic nitrogens is 1. The summed E-state index contributed by atoms with van der Waals surface area (Å²) in [7, 11) is 1.24. The quantitative estimate of drug-likeness (QED) is 0.492. The molecule has 6 nitrogen and oxygen atoms in total. The summed E-state index contributed by atoms with van der Waals surface area (Å²) in [6.45, 7) is 0. The van der Waals surface area contributed by atoms with Gasteiger partial charge in [0.2, 0.25) is 0 Å². The molecule has 0 aliphatic rings. The number of benzene rings is 1. The summed E-state index contributed by atoms with van der Waals surface area (Å²) in [5, 5.41) is 11.6. The lowest BCUT2D eigenvalue weighted by molar-refractivity contribution is -0.385. The van der Waals surface area contributed by atoms with Gasteiger partial charge in [0.25, 0.3) is 5.69 Å². The van der Waals surface area contributed by atoms with Crippen molar-refractivity contribution in [1.29, 1.82) is 0 Å². The zero-order valence-corrected chi connectivity index (χ0v) is 11.5. The highest BCUT2D eigenvalue weighted by Crippen LogP contribution is 2.29. The number of pyridine rings is 1. The Morgan fingerprint density at radius 3 is 2.89 bits per heavy atom. The summed E-state index contributed by atoms with van der Waals surface area (Å²) in [5.41, 5.74) is 0.715. The maximum atomic E-state index is 11.4. The summed E-state index contributed by atoms with van der Waals surface area (Å²) >= 11 is 3.30. The summed E-state index contributed by atoms with van der Waals surface area (Å²) < 4.78 is 5.33. The van der Waals surface area contributed by atoms with Crippen molar-refractivity contribution in [2.75, 3.05) is 7.11 Å². The molecule has 0 unspecified atom stereocenters. The van der Waals surface area contributed by atoms with E-state index in [-0.39, 0.29) is 12.1 Å². The maximum absolute atomic E-state index is 11.4.